The van der Waals surface area contributed by atoms with E-state index in [1.807, 2.05) is 0 Å². The van der Waals surface area contributed by atoms with Crippen molar-refractivity contribution in [1.29, 1.82) is 0 Å². The van der Waals surface area contributed by atoms with E-state index in [2.05, 4.69) is 105 Å². The van der Waals surface area contributed by atoms with Gasteiger partial charge in [0.1, 0.15) is 0 Å². The van der Waals surface area contributed by atoms with Gasteiger partial charge in [0.25, 0.3) is 0 Å². The Bertz CT molecular complexity index is 1060. The Kier molecular flexibility index (Phi) is 3.17. The van der Waals surface area contributed by atoms with E-state index in [-0.39, 0.29) is 5.41 Å². The smallest absolute Gasteiger partial charge is 0.0725 e. The van der Waals surface area contributed by atoms with Crippen molar-refractivity contribution in [3.8, 4) is 11.1 Å². The van der Waals surface area contributed by atoms with E-state index >= 15 is 0 Å². The lowest BCUT2D eigenvalue weighted by molar-refractivity contribution is 0.786. The molecule has 0 aromatic heterocycles. The van der Waals surface area contributed by atoms with Crippen LogP contribution in [-0.4, -0.2) is 0 Å². The molecule has 0 N–H and O–H groups in total. The lowest BCUT2D eigenvalue weighted by Gasteiger charge is -2.31. The van der Waals surface area contributed by atoms with Gasteiger partial charge < -0.3 is 0 Å². The summed E-state index contributed by atoms with van der Waals surface area (Å²) in [5.41, 5.74) is 10.4. The van der Waals surface area contributed by atoms with Gasteiger partial charge in [-0.15, -0.1) is 0 Å². The SMILES string of the molecule is C=CC1=C(C=CC)c2ccccc2C12c1ccccc1-c1ccccc12. The maximum atomic E-state index is 4.23. The highest BCUT2D eigenvalue weighted by atomic mass is 14.5. The molecule has 0 saturated heterocycles. The van der Waals surface area contributed by atoms with Crippen molar-refractivity contribution in [2.24, 2.45) is 0 Å². The summed E-state index contributed by atoms with van der Waals surface area (Å²) >= 11 is 0. The number of rotatable bonds is 2. The molecule has 3 aromatic carbocycles. The second-order valence-electron chi connectivity index (χ2n) is 6.92. The van der Waals surface area contributed by atoms with Gasteiger partial charge in [0.05, 0.1) is 5.41 Å². The maximum Gasteiger partial charge on any atom is 0.0725 e. The molecule has 0 bridgehead atoms. The van der Waals surface area contributed by atoms with Crippen LogP contribution in [0.4, 0.5) is 0 Å². The minimum absolute atomic E-state index is 0.264. The number of fused-ring (bicyclic) bond motifs is 7. The number of hydrogen-bond donors (Lipinski definition) is 0. The standard InChI is InChI=1S/C26H20/c1-3-11-18-19-12-5-8-15-23(19)26(22(18)4-2)24-16-9-6-13-20(24)21-14-7-10-17-25(21)26/h3-17H,2H2,1H3. The lowest BCUT2D eigenvalue weighted by atomic mass is 9.69. The van der Waals surface area contributed by atoms with Crippen LogP contribution in [-0.2, 0) is 5.41 Å². The van der Waals surface area contributed by atoms with Crippen LogP contribution in [0.2, 0.25) is 0 Å². The summed E-state index contributed by atoms with van der Waals surface area (Å²) in [6.07, 6.45) is 6.42. The zero-order valence-electron chi connectivity index (χ0n) is 14.9. The molecule has 5 rings (SSSR count). The largest absolute Gasteiger partial charge is 0.0987 e. The second kappa shape index (κ2) is 5.44. The molecule has 0 saturated carbocycles. The Balaban J connectivity index is 2.02. The van der Waals surface area contributed by atoms with Crippen molar-refractivity contribution in [3.05, 3.63) is 125 Å². The maximum absolute atomic E-state index is 4.23. The number of allylic oxidation sites excluding steroid dienone is 5. The van der Waals surface area contributed by atoms with Crippen molar-refractivity contribution in [3.63, 3.8) is 0 Å². The summed E-state index contributed by atoms with van der Waals surface area (Å²) in [6.45, 7) is 6.31. The van der Waals surface area contributed by atoms with Gasteiger partial charge in [-0.25, -0.2) is 0 Å². The molecule has 0 amide bonds. The monoisotopic (exact) mass is 332 g/mol. The van der Waals surface area contributed by atoms with Crippen LogP contribution in [0, 0.1) is 0 Å². The van der Waals surface area contributed by atoms with E-state index in [4.69, 9.17) is 0 Å². The fourth-order valence-corrected chi connectivity index (χ4v) is 4.96. The van der Waals surface area contributed by atoms with Crippen LogP contribution >= 0.6 is 0 Å². The molecular formula is C26H20. The first-order valence-corrected chi connectivity index (χ1v) is 9.13. The highest BCUT2D eigenvalue weighted by Gasteiger charge is 2.51. The molecule has 26 heavy (non-hydrogen) atoms. The Morgan fingerprint density at radius 3 is 1.65 bits per heavy atom. The van der Waals surface area contributed by atoms with E-state index in [1.54, 1.807) is 0 Å². The van der Waals surface area contributed by atoms with Crippen LogP contribution in [0.5, 0.6) is 0 Å². The Morgan fingerprint density at radius 1 is 0.692 bits per heavy atom. The summed E-state index contributed by atoms with van der Waals surface area (Å²) in [6, 6.07) is 26.5. The molecule has 3 aromatic rings. The first-order chi connectivity index (χ1) is 12.8. The minimum Gasteiger partial charge on any atom is -0.0987 e. The molecule has 1 spiro atoms. The van der Waals surface area contributed by atoms with Crippen LogP contribution in [0.15, 0.2) is 103 Å². The molecular weight excluding hydrogens is 312 g/mol. The van der Waals surface area contributed by atoms with Gasteiger partial charge in [-0.3, -0.25) is 0 Å². The molecule has 0 nitrogen and oxygen atoms in total. The zero-order valence-corrected chi connectivity index (χ0v) is 14.9. The molecule has 2 aliphatic carbocycles. The third-order valence-electron chi connectivity index (χ3n) is 5.81. The van der Waals surface area contributed by atoms with Crippen molar-refractivity contribution >= 4 is 5.57 Å². The fourth-order valence-electron chi connectivity index (χ4n) is 4.96. The van der Waals surface area contributed by atoms with Gasteiger partial charge in [0, 0.05) is 0 Å². The van der Waals surface area contributed by atoms with Gasteiger partial charge in [0.15, 0.2) is 0 Å². The van der Waals surface area contributed by atoms with E-state index in [0.29, 0.717) is 0 Å². The predicted octanol–water partition coefficient (Wildman–Crippen LogP) is 6.53. The number of benzene rings is 3. The molecule has 0 fully saturated rings. The Morgan fingerprint density at radius 2 is 1.15 bits per heavy atom. The van der Waals surface area contributed by atoms with E-state index in [1.165, 1.54) is 44.5 Å². The van der Waals surface area contributed by atoms with Crippen molar-refractivity contribution < 1.29 is 0 Å². The minimum atomic E-state index is -0.264. The summed E-state index contributed by atoms with van der Waals surface area (Å²) in [5, 5.41) is 0. The molecule has 0 heterocycles. The summed E-state index contributed by atoms with van der Waals surface area (Å²) in [4.78, 5) is 0. The molecule has 0 radical (unpaired) electrons. The topological polar surface area (TPSA) is 0 Å². The zero-order chi connectivity index (χ0) is 17.7. The second-order valence-corrected chi connectivity index (χ2v) is 6.92. The van der Waals surface area contributed by atoms with E-state index in [0.717, 1.165) is 0 Å². The van der Waals surface area contributed by atoms with Crippen molar-refractivity contribution in [1.82, 2.24) is 0 Å². The lowest BCUT2D eigenvalue weighted by Crippen LogP contribution is -2.26. The number of hydrogen-bond acceptors (Lipinski definition) is 0. The molecule has 0 atom stereocenters. The van der Waals surface area contributed by atoms with Crippen LogP contribution in [0.1, 0.15) is 29.2 Å². The normalized spacial score (nSPS) is 16.0. The quantitative estimate of drug-likeness (QED) is 0.500. The molecule has 0 unspecified atom stereocenters. The summed E-state index contributed by atoms with van der Waals surface area (Å²) in [7, 11) is 0. The third-order valence-corrected chi connectivity index (χ3v) is 5.81. The average Bonchev–Trinajstić information content (AvgIpc) is 3.15. The van der Waals surface area contributed by atoms with Crippen LogP contribution in [0.25, 0.3) is 16.7 Å². The van der Waals surface area contributed by atoms with Gasteiger partial charge >= 0.3 is 0 Å². The van der Waals surface area contributed by atoms with Gasteiger partial charge in [-0.1, -0.05) is 97.6 Å². The van der Waals surface area contributed by atoms with Crippen molar-refractivity contribution in [2.75, 3.05) is 0 Å². The first-order valence-electron chi connectivity index (χ1n) is 9.13. The summed E-state index contributed by atoms with van der Waals surface area (Å²) in [5.74, 6) is 0. The summed E-state index contributed by atoms with van der Waals surface area (Å²) < 4.78 is 0. The van der Waals surface area contributed by atoms with Gasteiger partial charge in [-0.05, 0) is 51.5 Å². The van der Waals surface area contributed by atoms with Gasteiger partial charge in [0.2, 0.25) is 0 Å². The Labute approximate surface area is 154 Å². The molecule has 124 valence electrons. The van der Waals surface area contributed by atoms with Crippen LogP contribution in [0.3, 0.4) is 0 Å². The third kappa shape index (κ3) is 1.64. The molecule has 2 aliphatic rings. The predicted molar refractivity (Wildman–Crippen MR) is 110 cm³/mol. The average molecular weight is 332 g/mol. The highest BCUT2D eigenvalue weighted by Crippen LogP contribution is 2.61. The molecule has 0 aliphatic heterocycles. The molecule has 0 heteroatoms. The Hall–Kier alpha value is -3.12. The highest BCUT2D eigenvalue weighted by molar-refractivity contribution is 5.97. The van der Waals surface area contributed by atoms with E-state index in [9.17, 15) is 0 Å². The van der Waals surface area contributed by atoms with Gasteiger partial charge in [-0.2, -0.15) is 0 Å². The van der Waals surface area contributed by atoms with Crippen LogP contribution < -0.4 is 0 Å². The fraction of sp³-hybridized carbons (Fsp3) is 0.0769. The van der Waals surface area contributed by atoms with E-state index < -0.39 is 0 Å². The van der Waals surface area contributed by atoms with Crippen molar-refractivity contribution in [2.45, 2.75) is 12.3 Å². The first kappa shape index (κ1) is 15.2.